The summed E-state index contributed by atoms with van der Waals surface area (Å²) in [7, 11) is 0. The van der Waals surface area contributed by atoms with Crippen LogP contribution in [0.3, 0.4) is 0 Å². The van der Waals surface area contributed by atoms with E-state index in [-0.39, 0.29) is 25.2 Å². The SMILES string of the molecule is CC/C=C\C/C=C\C/C=C\C/C=C\C/C=C\C/C=C\C/C=C\C/C=C\C/C=C\C/C=C\CCCCCCCCC(=O)OC(CO)COC(=O)CCCCCCCCCCCCCC/C=C\C/C=C\C/C=C\C/C=C\C/C=C\C/C=C\C/C=C\C/C=C\CC. The van der Waals surface area contributed by atoms with E-state index in [1.54, 1.807) is 0 Å². The van der Waals surface area contributed by atoms with Crippen LogP contribution in [0.15, 0.2) is 219 Å². The molecular weight excluding hydrogens is 1080 g/mol. The number of aliphatic hydroxyl groups is 1. The van der Waals surface area contributed by atoms with Crippen LogP contribution in [-0.2, 0) is 19.1 Å². The highest BCUT2D eigenvalue weighted by molar-refractivity contribution is 5.70. The molecule has 88 heavy (non-hydrogen) atoms. The quantitative estimate of drug-likeness (QED) is 0.0373. The van der Waals surface area contributed by atoms with E-state index >= 15 is 0 Å². The molecule has 0 spiro atoms. The summed E-state index contributed by atoms with van der Waals surface area (Å²) in [5.74, 6) is -0.622. The van der Waals surface area contributed by atoms with Gasteiger partial charge in [0.2, 0.25) is 0 Å². The van der Waals surface area contributed by atoms with E-state index in [1.165, 1.54) is 77.0 Å². The number of carbonyl (C=O) groups is 2. The molecule has 0 amide bonds. The summed E-state index contributed by atoms with van der Waals surface area (Å²) in [5.41, 5.74) is 0. The zero-order chi connectivity index (χ0) is 63.3. The Morgan fingerprint density at radius 3 is 0.682 bits per heavy atom. The first-order chi connectivity index (χ1) is 43.6. The zero-order valence-electron chi connectivity index (χ0n) is 56.1. The van der Waals surface area contributed by atoms with Crippen molar-refractivity contribution in [2.24, 2.45) is 0 Å². The van der Waals surface area contributed by atoms with Crippen molar-refractivity contribution in [3.8, 4) is 0 Å². The van der Waals surface area contributed by atoms with Crippen molar-refractivity contribution in [2.75, 3.05) is 13.2 Å². The van der Waals surface area contributed by atoms with Gasteiger partial charge in [-0.3, -0.25) is 9.59 Å². The second-order valence-corrected chi connectivity index (χ2v) is 22.5. The lowest BCUT2D eigenvalue weighted by Crippen LogP contribution is -2.28. The average Bonchev–Trinajstić information content (AvgIpc) is 3.55. The Bertz CT molecular complexity index is 2100. The summed E-state index contributed by atoms with van der Waals surface area (Å²) < 4.78 is 10.7. The van der Waals surface area contributed by atoms with E-state index in [0.29, 0.717) is 12.8 Å². The van der Waals surface area contributed by atoms with Gasteiger partial charge in [0.15, 0.2) is 6.10 Å². The predicted molar refractivity (Wildman–Crippen MR) is 388 cm³/mol. The third-order valence-electron chi connectivity index (χ3n) is 14.3. The lowest BCUT2D eigenvalue weighted by atomic mass is 10.0. The molecule has 0 aliphatic rings. The van der Waals surface area contributed by atoms with Gasteiger partial charge in [-0.05, 0) is 154 Å². The molecule has 0 aromatic heterocycles. The van der Waals surface area contributed by atoms with Crippen molar-refractivity contribution < 1.29 is 24.2 Å². The molecule has 490 valence electrons. The summed E-state index contributed by atoms with van der Waals surface area (Å²) in [6, 6.07) is 0. The minimum absolute atomic E-state index is 0.0862. The van der Waals surface area contributed by atoms with Crippen LogP contribution in [0.5, 0.6) is 0 Å². The van der Waals surface area contributed by atoms with Crippen molar-refractivity contribution in [3.63, 3.8) is 0 Å². The Morgan fingerprint density at radius 1 is 0.261 bits per heavy atom. The molecule has 0 saturated heterocycles. The van der Waals surface area contributed by atoms with Crippen LogP contribution in [0.2, 0.25) is 0 Å². The second kappa shape index (κ2) is 75.5. The fraction of sp³-hybridized carbons (Fsp3) is 0.542. The van der Waals surface area contributed by atoms with Crippen LogP contribution in [0.4, 0.5) is 0 Å². The van der Waals surface area contributed by atoms with Crippen LogP contribution < -0.4 is 0 Å². The standard InChI is InChI=1S/C83H128O5/c1-3-5-7-9-11-13-15-17-19-21-23-25-27-29-31-33-35-37-39-41-43-45-47-49-51-53-55-57-59-61-63-65-67-69-71-73-75-77-82(85)87-80-81(79-84)88-83(86)78-76-74-72-70-68-66-64-62-60-58-56-54-52-50-48-46-44-42-40-38-36-34-32-30-28-26-24-22-20-18-16-14-12-10-8-6-4-2/h5-8,11-14,17-20,23-26,29-32,35-38,41-44,47-50,54,56,60,62,81,84H,3-4,9-10,15-16,21-22,27-28,33-34,39-40,45-46,51-53,55,57-59,61,63-80H2,1-2H3/b7-5-,8-6-,13-11-,14-12-,19-17-,20-18-,25-23-,26-24-,31-29-,32-30-,37-35-,38-36-,43-41-,44-42-,49-47-,50-48-,56-54-,62-60-. The van der Waals surface area contributed by atoms with Crippen LogP contribution in [0.25, 0.3) is 0 Å². The Balaban J connectivity index is 3.62. The van der Waals surface area contributed by atoms with Crippen LogP contribution in [0, 0.1) is 0 Å². The predicted octanol–water partition coefficient (Wildman–Crippen LogP) is 25.1. The van der Waals surface area contributed by atoms with Crippen molar-refractivity contribution >= 4 is 11.9 Å². The highest BCUT2D eigenvalue weighted by atomic mass is 16.6. The second-order valence-electron chi connectivity index (χ2n) is 22.5. The topological polar surface area (TPSA) is 72.8 Å². The highest BCUT2D eigenvalue weighted by Gasteiger charge is 2.16. The molecule has 1 N–H and O–H groups in total. The summed E-state index contributed by atoms with van der Waals surface area (Å²) in [4.78, 5) is 24.7. The Kier molecular flexibility index (Phi) is 70.5. The van der Waals surface area contributed by atoms with E-state index in [2.05, 4.69) is 233 Å². The molecule has 5 heteroatoms. The summed E-state index contributed by atoms with van der Waals surface area (Å²) in [6.07, 6.45) is 122. The van der Waals surface area contributed by atoms with E-state index in [4.69, 9.17) is 9.47 Å². The molecule has 0 radical (unpaired) electrons. The number of aliphatic hydroxyl groups excluding tert-OH is 1. The smallest absolute Gasteiger partial charge is 0.306 e. The van der Waals surface area contributed by atoms with Gasteiger partial charge in [0.05, 0.1) is 6.61 Å². The van der Waals surface area contributed by atoms with Crippen LogP contribution >= 0.6 is 0 Å². The molecule has 5 nitrogen and oxygen atoms in total. The molecule has 0 heterocycles. The Morgan fingerprint density at radius 2 is 0.455 bits per heavy atom. The number of esters is 2. The number of hydrogen-bond acceptors (Lipinski definition) is 5. The molecule has 0 rings (SSSR count). The van der Waals surface area contributed by atoms with Gasteiger partial charge in [-0.2, -0.15) is 0 Å². The molecule has 1 atom stereocenters. The normalized spacial score (nSPS) is 13.6. The molecule has 0 aromatic rings. The van der Waals surface area contributed by atoms with E-state index in [9.17, 15) is 14.7 Å². The van der Waals surface area contributed by atoms with Gasteiger partial charge in [-0.15, -0.1) is 0 Å². The van der Waals surface area contributed by atoms with Crippen LogP contribution in [0.1, 0.15) is 271 Å². The average molecular weight is 1210 g/mol. The number of carbonyl (C=O) groups excluding carboxylic acids is 2. The minimum Gasteiger partial charge on any atom is -0.462 e. The molecule has 0 aliphatic heterocycles. The highest BCUT2D eigenvalue weighted by Crippen LogP contribution is 2.15. The number of ether oxygens (including phenoxy) is 2. The minimum atomic E-state index is -0.799. The Hall–Kier alpha value is -5.78. The molecule has 0 bridgehead atoms. The van der Waals surface area contributed by atoms with Crippen molar-refractivity contribution in [3.05, 3.63) is 219 Å². The fourth-order valence-electron chi connectivity index (χ4n) is 9.07. The van der Waals surface area contributed by atoms with E-state index in [0.717, 1.165) is 167 Å². The summed E-state index contributed by atoms with van der Waals surface area (Å²) >= 11 is 0. The number of hydrogen-bond donors (Lipinski definition) is 1. The van der Waals surface area contributed by atoms with Gasteiger partial charge in [0.1, 0.15) is 6.61 Å². The van der Waals surface area contributed by atoms with Gasteiger partial charge < -0.3 is 14.6 Å². The molecule has 0 saturated carbocycles. The maximum absolute atomic E-state index is 12.4. The first-order valence-electron chi connectivity index (χ1n) is 35.3. The maximum atomic E-state index is 12.4. The zero-order valence-corrected chi connectivity index (χ0v) is 56.1. The molecule has 0 fully saturated rings. The molecular formula is C83H128O5. The molecule has 0 aromatic carbocycles. The summed E-state index contributed by atoms with van der Waals surface area (Å²) in [5, 5.41) is 9.71. The van der Waals surface area contributed by atoms with Crippen molar-refractivity contribution in [2.45, 2.75) is 277 Å². The van der Waals surface area contributed by atoms with Crippen molar-refractivity contribution in [1.82, 2.24) is 0 Å². The Labute approximate surface area is 542 Å². The molecule has 1 unspecified atom stereocenters. The first-order valence-corrected chi connectivity index (χ1v) is 35.3. The lowest BCUT2D eigenvalue weighted by Gasteiger charge is -2.15. The van der Waals surface area contributed by atoms with E-state index in [1.807, 2.05) is 0 Å². The third kappa shape index (κ3) is 72.7. The number of allylic oxidation sites excluding steroid dienone is 36. The van der Waals surface area contributed by atoms with Crippen LogP contribution in [-0.4, -0.2) is 36.4 Å². The maximum Gasteiger partial charge on any atom is 0.306 e. The monoisotopic (exact) mass is 1200 g/mol. The van der Waals surface area contributed by atoms with Gasteiger partial charge in [0, 0.05) is 12.8 Å². The fourth-order valence-corrected chi connectivity index (χ4v) is 9.07. The third-order valence-corrected chi connectivity index (χ3v) is 14.3. The number of unbranched alkanes of at least 4 members (excludes halogenated alkanes) is 18. The van der Waals surface area contributed by atoms with Gasteiger partial charge in [0.25, 0.3) is 0 Å². The van der Waals surface area contributed by atoms with Gasteiger partial charge in [-0.1, -0.05) is 322 Å². The van der Waals surface area contributed by atoms with Gasteiger partial charge >= 0.3 is 11.9 Å². The lowest BCUT2D eigenvalue weighted by molar-refractivity contribution is -0.161. The molecule has 0 aliphatic carbocycles. The van der Waals surface area contributed by atoms with Gasteiger partial charge in [-0.25, -0.2) is 0 Å². The van der Waals surface area contributed by atoms with E-state index < -0.39 is 6.10 Å². The summed E-state index contributed by atoms with van der Waals surface area (Å²) in [6.45, 7) is 3.89. The van der Waals surface area contributed by atoms with Crippen molar-refractivity contribution in [1.29, 1.82) is 0 Å². The number of rotatable bonds is 62. The first kappa shape index (κ1) is 82.2. The largest absolute Gasteiger partial charge is 0.462 e.